The predicted molar refractivity (Wildman–Crippen MR) is 104 cm³/mol. The van der Waals surface area contributed by atoms with Gasteiger partial charge in [0.25, 0.3) is 0 Å². The van der Waals surface area contributed by atoms with Crippen LogP contribution in [0.2, 0.25) is 0 Å². The summed E-state index contributed by atoms with van der Waals surface area (Å²) in [7, 11) is 3.26. The number of nitrogens with zero attached hydrogens (tertiary/aromatic N) is 3. The Hall–Kier alpha value is -2.57. The molecule has 0 radical (unpaired) electrons. The van der Waals surface area contributed by atoms with Crippen LogP contribution in [0.5, 0.6) is 11.5 Å². The normalized spacial score (nSPS) is 21.1. The molecule has 2 aromatic rings. The van der Waals surface area contributed by atoms with E-state index in [0.29, 0.717) is 11.5 Å². The molecule has 4 rings (SSSR count). The Morgan fingerprint density at radius 2 is 1.93 bits per heavy atom. The molecule has 0 spiro atoms. The number of aromatic amines is 1. The Labute approximate surface area is 165 Å². The Bertz CT molecular complexity index is 857. The van der Waals surface area contributed by atoms with E-state index < -0.39 is 5.41 Å². The van der Waals surface area contributed by atoms with Gasteiger partial charge in [0.05, 0.1) is 25.7 Å². The van der Waals surface area contributed by atoms with Crippen molar-refractivity contribution in [1.29, 1.82) is 0 Å². The van der Waals surface area contributed by atoms with E-state index in [0.717, 1.165) is 62.3 Å². The zero-order valence-electron chi connectivity index (χ0n) is 16.8. The van der Waals surface area contributed by atoms with Crippen LogP contribution in [0.1, 0.15) is 61.8 Å². The van der Waals surface area contributed by atoms with Gasteiger partial charge >= 0.3 is 0 Å². The molecule has 1 N–H and O–H groups in total. The number of benzene rings is 1. The molecule has 150 valence electrons. The van der Waals surface area contributed by atoms with Crippen LogP contribution in [0.3, 0.4) is 0 Å². The number of methoxy groups -OCH3 is 2. The summed E-state index contributed by atoms with van der Waals surface area (Å²) in [6.07, 6.45) is 5.71. The maximum atomic E-state index is 13.9. The number of H-pyrrole nitrogens is 1. The van der Waals surface area contributed by atoms with Crippen molar-refractivity contribution >= 4 is 5.91 Å². The number of hydrogen-bond acceptors (Lipinski definition) is 5. The smallest absolute Gasteiger partial charge is 0.233 e. The van der Waals surface area contributed by atoms with Crippen LogP contribution in [0.25, 0.3) is 0 Å². The highest BCUT2D eigenvalue weighted by molar-refractivity contribution is 5.89. The molecule has 1 amide bonds. The van der Waals surface area contributed by atoms with Gasteiger partial charge in [-0.1, -0.05) is 18.9 Å². The Morgan fingerprint density at radius 1 is 1.18 bits per heavy atom. The number of carbonyl (C=O) groups excluding carboxylic acids is 1. The third-order valence-electron chi connectivity index (χ3n) is 6.23. The van der Waals surface area contributed by atoms with E-state index in [4.69, 9.17) is 9.47 Å². The largest absolute Gasteiger partial charge is 0.493 e. The van der Waals surface area contributed by atoms with Crippen LogP contribution >= 0.6 is 0 Å². The number of nitrogens with one attached hydrogen (secondary N) is 1. The predicted octanol–water partition coefficient (Wildman–Crippen LogP) is 3.31. The van der Waals surface area contributed by atoms with Crippen molar-refractivity contribution in [3.63, 3.8) is 0 Å². The van der Waals surface area contributed by atoms with E-state index in [-0.39, 0.29) is 11.9 Å². The highest BCUT2D eigenvalue weighted by Crippen LogP contribution is 2.47. The molecule has 1 aromatic heterocycles. The third-order valence-corrected chi connectivity index (χ3v) is 6.23. The number of hydrogen-bond donors (Lipinski definition) is 1. The molecule has 1 aliphatic heterocycles. The Morgan fingerprint density at radius 3 is 2.57 bits per heavy atom. The molecule has 1 unspecified atom stereocenters. The summed E-state index contributed by atoms with van der Waals surface area (Å²) in [6.45, 7) is 2.64. The van der Waals surface area contributed by atoms with Crippen LogP contribution < -0.4 is 9.47 Å². The number of amides is 1. The number of carbonyl (C=O) groups is 1. The first-order valence-electron chi connectivity index (χ1n) is 10.0. The minimum atomic E-state index is -0.506. The van der Waals surface area contributed by atoms with E-state index in [1.807, 2.05) is 30.0 Å². The number of aryl methyl sites for hydroxylation is 1. The van der Waals surface area contributed by atoms with E-state index in [1.54, 1.807) is 14.2 Å². The molecular weight excluding hydrogens is 356 g/mol. The zero-order chi connectivity index (χ0) is 19.7. The van der Waals surface area contributed by atoms with Crippen LogP contribution in [0, 0.1) is 6.92 Å². The first kappa shape index (κ1) is 18.8. The number of ether oxygens (including phenoxy) is 2. The highest BCUT2D eigenvalue weighted by atomic mass is 16.5. The van der Waals surface area contributed by atoms with Crippen molar-refractivity contribution < 1.29 is 14.3 Å². The van der Waals surface area contributed by atoms with Crippen LogP contribution in [-0.4, -0.2) is 46.8 Å². The standard InChI is InChI=1S/C21H28N4O3/c1-14-22-19(24-23-14)16-7-6-12-25(16)20(26)21(10-4-5-11-21)15-8-9-17(27-2)18(13-15)28-3/h8-9,13,16H,4-7,10-12H2,1-3H3,(H,22,23,24). The first-order chi connectivity index (χ1) is 13.6. The van der Waals surface area contributed by atoms with Crippen molar-refractivity contribution in [3.05, 3.63) is 35.4 Å². The second-order valence-electron chi connectivity index (χ2n) is 7.79. The van der Waals surface area contributed by atoms with E-state index >= 15 is 0 Å². The van der Waals surface area contributed by atoms with Gasteiger partial charge in [0.1, 0.15) is 5.82 Å². The molecule has 1 aromatic carbocycles. The quantitative estimate of drug-likeness (QED) is 0.855. The lowest BCUT2D eigenvalue weighted by Crippen LogP contribution is -2.45. The summed E-state index contributed by atoms with van der Waals surface area (Å²) in [5.74, 6) is 3.06. The molecule has 1 saturated heterocycles. The van der Waals surface area contributed by atoms with Crippen LogP contribution in [-0.2, 0) is 10.2 Å². The van der Waals surface area contributed by atoms with Crippen molar-refractivity contribution in [2.75, 3.05) is 20.8 Å². The lowest BCUT2D eigenvalue weighted by Gasteiger charge is -2.35. The van der Waals surface area contributed by atoms with Gasteiger partial charge in [-0.15, -0.1) is 0 Å². The van der Waals surface area contributed by atoms with Gasteiger partial charge in [-0.05, 0) is 50.3 Å². The molecule has 2 fully saturated rings. The van der Waals surface area contributed by atoms with Crippen molar-refractivity contribution in [2.24, 2.45) is 0 Å². The lowest BCUT2D eigenvalue weighted by atomic mass is 9.77. The summed E-state index contributed by atoms with van der Waals surface area (Å²) in [4.78, 5) is 20.4. The van der Waals surface area contributed by atoms with Gasteiger partial charge in [-0.3, -0.25) is 9.89 Å². The van der Waals surface area contributed by atoms with Gasteiger partial charge in [-0.25, -0.2) is 4.98 Å². The minimum Gasteiger partial charge on any atom is -0.493 e. The SMILES string of the molecule is COc1ccc(C2(C(=O)N3CCCC3c3n[nH]c(C)n3)CCCC2)cc1OC. The number of aromatic nitrogens is 3. The summed E-state index contributed by atoms with van der Waals surface area (Å²) < 4.78 is 10.9. The fourth-order valence-electron chi connectivity index (χ4n) is 4.80. The fourth-order valence-corrected chi connectivity index (χ4v) is 4.80. The van der Waals surface area contributed by atoms with Crippen molar-refractivity contribution in [1.82, 2.24) is 20.1 Å². The Balaban J connectivity index is 1.70. The molecule has 1 saturated carbocycles. The highest BCUT2D eigenvalue weighted by Gasteiger charge is 2.48. The Kier molecular flexibility index (Phi) is 5.00. The second-order valence-corrected chi connectivity index (χ2v) is 7.79. The molecule has 7 heteroatoms. The number of likely N-dealkylation sites (tertiary alicyclic amines) is 1. The van der Waals surface area contributed by atoms with Gasteiger partial charge in [0.15, 0.2) is 17.3 Å². The summed E-state index contributed by atoms with van der Waals surface area (Å²) >= 11 is 0. The first-order valence-corrected chi connectivity index (χ1v) is 10.0. The lowest BCUT2D eigenvalue weighted by molar-refractivity contribution is -0.138. The average molecular weight is 384 g/mol. The summed E-state index contributed by atoms with van der Waals surface area (Å²) in [5.41, 5.74) is 0.512. The summed E-state index contributed by atoms with van der Waals surface area (Å²) in [5, 5.41) is 7.25. The minimum absolute atomic E-state index is 0.0462. The number of rotatable bonds is 5. The molecular formula is C21H28N4O3. The van der Waals surface area contributed by atoms with Crippen molar-refractivity contribution in [3.8, 4) is 11.5 Å². The van der Waals surface area contributed by atoms with Crippen LogP contribution in [0.4, 0.5) is 0 Å². The third kappa shape index (κ3) is 3.02. The zero-order valence-corrected chi connectivity index (χ0v) is 16.8. The fraction of sp³-hybridized carbons (Fsp3) is 0.571. The summed E-state index contributed by atoms with van der Waals surface area (Å²) in [6, 6.07) is 5.85. The maximum absolute atomic E-state index is 13.9. The van der Waals surface area contributed by atoms with E-state index in [9.17, 15) is 4.79 Å². The molecule has 1 aliphatic carbocycles. The molecule has 2 aliphatic rings. The van der Waals surface area contributed by atoms with Gasteiger partial charge < -0.3 is 14.4 Å². The second kappa shape index (κ2) is 7.45. The molecule has 28 heavy (non-hydrogen) atoms. The van der Waals surface area contributed by atoms with Crippen LogP contribution in [0.15, 0.2) is 18.2 Å². The molecule has 7 nitrogen and oxygen atoms in total. The maximum Gasteiger partial charge on any atom is 0.233 e. The van der Waals surface area contributed by atoms with Crippen molar-refractivity contribution in [2.45, 2.75) is 56.9 Å². The topological polar surface area (TPSA) is 80.3 Å². The molecule has 2 heterocycles. The molecule has 1 atom stereocenters. The molecule has 0 bridgehead atoms. The van der Waals surface area contributed by atoms with Gasteiger partial charge in [0.2, 0.25) is 5.91 Å². The van der Waals surface area contributed by atoms with Gasteiger partial charge in [0, 0.05) is 6.54 Å². The van der Waals surface area contributed by atoms with E-state index in [1.165, 1.54) is 0 Å². The van der Waals surface area contributed by atoms with Gasteiger partial charge in [-0.2, -0.15) is 5.10 Å². The average Bonchev–Trinajstić information content (AvgIpc) is 3.47. The monoisotopic (exact) mass is 384 g/mol. The van der Waals surface area contributed by atoms with E-state index in [2.05, 4.69) is 15.2 Å².